The van der Waals surface area contributed by atoms with Crippen LogP contribution in [-0.4, -0.2) is 8.96 Å². The van der Waals surface area contributed by atoms with Crippen LogP contribution in [0.1, 0.15) is 47.5 Å². The summed E-state index contributed by atoms with van der Waals surface area (Å²) in [5.74, 6) is 2.67. The van der Waals surface area contributed by atoms with Gasteiger partial charge in [0.15, 0.2) is 0 Å². The van der Waals surface area contributed by atoms with Gasteiger partial charge in [0.1, 0.15) is 0 Å². The Hall–Kier alpha value is -0.550. The minimum absolute atomic E-state index is 0.104. The second-order valence-electron chi connectivity index (χ2n) is 5.53. The summed E-state index contributed by atoms with van der Waals surface area (Å²) < 4.78 is 11.5. The summed E-state index contributed by atoms with van der Waals surface area (Å²) in [6.07, 6.45) is 8.89. The number of rotatable bonds is 4. The Morgan fingerprint density at radius 1 is 1.27 bits per heavy atom. The van der Waals surface area contributed by atoms with E-state index in [9.17, 15) is 4.21 Å². The first kappa shape index (κ1) is 14.5. The molecule has 0 spiro atoms. The number of hydrogen-bond acceptors (Lipinski definition) is 1. The third kappa shape index (κ3) is 6.52. The van der Waals surface area contributed by atoms with Gasteiger partial charge < -0.3 is 0 Å². The lowest BCUT2D eigenvalue weighted by Gasteiger charge is -2.20. The smallest absolute Gasteiger partial charge is 0.0506 e. The monoisotopic (exact) mass is 226 g/mol. The molecule has 0 aliphatic heterocycles. The molecule has 0 radical (unpaired) electrons. The van der Waals surface area contributed by atoms with Crippen molar-refractivity contribution in [2.24, 2.45) is 5.41 Å². The highest BCUT2D eigenvalue weighted by molar-refractivity contribution is 7.89. The highest BCUT2D eigenvalue weighted by atomic mass is 32.2. The van der Waals surface area contributed by atoms with Gasteiger partial charge in [-0.3, -0.25) is 4.21 Å². The third-order valence-electron chi connectivity index (χ3n) is 2.07. The van der Waals surface area contributed by atoms with Crippen molar-refractivity contribution >= 4 is 10.8 Å². The zero-order valence-electron chi connectivity index (χ0n) is 10.5. The zero-order valence-corrected chi connectivity index (χ0v) is 11.3. The summed E-state index contributed by atoms with van der Waals surface area (Å²) in [6.45, 7) is 10.2. The van der Waals surface area contributed by atoms with Gasteiger partial charge in [0, 0.05) is 11.2 Å². The van der Waals surface area contributed by atoms with E-state index in [0.717, 1.165) is 12.8 Å². The minimum Gasteiger partial charge on any atom is -0.254 e. The molecule has 0 aliphatic carbocycles. The van der Waals surface area contributed by atoms with Crippen molar-refractivity contribution in [2.45, 2.75) is 52.2 Å². The fraction of sp³-hybridized carbons (Fsp3) is 0.692. The van der Waals surface area contributed by atoms with Gasteiger partial charge in [-0.05, 0) is 38.0 Å². The Bertz CT molecular complexity index is 287. The van der Waals surface area contributed by atoms with E-state index in [1.165, 1.54) is 0 Å². The lowest BCUT2D eigenvalue weighted by atomic mass is 9.86. The molecule has 0 fully saturated rings. The fourth-order valence-electron chi connectivity index (χ4n) is 1.01. The van der Waals surface area contributed by atoms with Gasteiger partial charge in [-0.25, -0.2) is 0 Å². The Balaban J connectivity index is 4.23. The van der Waals surface area contributed by atoms with Crippen molar-refractivity contribution in [3.05, 3.63) is 11.5 Å². The number of allylic oxidation sites excluding steroid dienone is 1. The predicted molar refractivity (Wildman–Crippen MR) is 68.9 cm³/mol. The second-order valence-corrected chi connectivity index (χ2v) is 7.62. The van der Waals surface area contributed by atoms with Crippen LogP contribution in [0.4, 0.5) is 0 Å². The first-order chi connectivity index (χ1) is 6.69. The normalized spacial score (nSPS) is 15.2. The second kappa shape index (κ2) is 5.51. The van der Waals surface area contributed by atoms with E-state index in [1.54, 1.807) is 5.41 Å². The lowest BCUT2D eigenvalue weighted by molar-refractivity contribution is 0.383. The van der Waals surface area contributed by atoms with Crippen LogP contribution >= 0.6 is 0 Å². The predicted octanol–water partition coefficient (Wildman–Crippen LogP) is 3.49. The van der Waals surface area contributed by atoms with E-state index < -0.39 is 10.8 Å². The molecule has 1 nitrogen and oxygen atoms in total. The van der Waals surface area contributed by atoms with Gasteiger partial charge >= 0.3 is 0 Å². The van der Waals surface area contributed by atoms with Crippen LogP contribution in [0.2, 0.25) is 0 Å². The lowest BCUT2D eigenvalue weighted by Crippen LogP contribution is -2.19. The third-order valence-corrected chi connectivity index (χ3v) is 3.72. The largest absolute Gasteiger partial charge is 0.254 e. The molecule has 0 saturated carbocycles. The van der Waals surface area contributed by atoms with Crippen LogP contribution in [0.25, 0.3) is 0 Å². The zero-order chi connectivity index (χ0) is 12.1. The Kier molecular flexibility index (Phi) is 5.31. The molecule has 0 bridgehead atoms. The average Bonchev–Trinajstić information content (AvgIpc) is 2.01. The maximum atomic E-state index is 11.7. The average molecular weight is 226 g/mol. The van der Waals surface area contributed by atoms with Crippen LogP contribution in [0, 0.1) is 17.8 Å². The SMILES string of the molecule is C#CCC(C)(C)C/C=C/S(=O)C(C)(C)C. The van der Waals surface area contributed by atoms with Gasteiger partial charge in [0.05, 0.1) is 10.8 Å². The van der Waals surface area contributed by atoms with Gasteiger partial charge in [0.2, 0.25) is 0 Å². The molecule has 0 saturated heterocycles. The standard InChI is InChI=1S/C13H22OS/c1-7-9-13(5,6)10-8-11-15(14)12(2,3)4/h1,8,11H,9-10H2,2-6H3/b11-8+. The quantitative estimate of drug-likeness (QED) is 0.671. The number of hydrogen-bond donors (Lipinski definition) is 0. The van der Waals surface area contributed by atoms with Gasteiger partial charge in [-0.1, -0.05) is 19.9 Å². The van der Waals surface area contributed by atoms with E-state index in [4.69, 9.17) is 6.42 Å². The van der Waals surface area contributed by atoms with Gasteiger partial charge in [-0.2, -0.15) is 0 Å². The van der Waals surface area contributed by atoms with Crippen molar-refractivity contribution in [2.75, 3.05) is 0 Å². The summed E-state index contributed by atoms with van der Waals surface area (Å²) in [6, 6.07) is 0. The van der Waals surface area contributed by atoms with Crippen molar-refractivity contribution in [3.8, 4) is 12.3 Å². The molecule has 0 aliphatic rings. The molecule has 15 heavy (non-hydrogen) atoms. The minimum atomic E-state index is -0.908. The first-order valence-electron chi connectivity index (χ1n) is 5.20. The molecule has 0 aromatic rings. The maximum Gasteiger partial charge on any atom is 0.0506 e. The van der Waals surface area contributed by atoms with E-state index in [-0.39, 0.29) is 10.2 Å². The van der Waals surface area contributed by atoms with Crippen molar-refractivity contribution < 1.29 is 4.21 Å². The highest BCUT2D eigenvalue weighted by Gasteiger charge is 2.18. The molecule has 0 N–H and O–H groups in total. The Morgan fingerprint density at radius 2 is 1.80 bits per heavy atom. The van der Waals surface area contributed by atoms with Crippen molar-refractivity contribution in [3.63, 3.8) is 0 Å². The summed E-state index contributed by atoms with van der Waals surface area (Å²) >= 11 is 0. The van der Waals surface area contributed by atoms with Gasteiger partial charge in [0.25, 0.3) is 0 Å². The molecule has 0 heterocycles. The van der Waals surface area contributed by atoms with Crippen LogP contribution in [-0.2, 0) is 10.8 Å². The topological polar surface area (TPSA) is 17.1 Å². The fourth-order valence-corrected chi connectivity index (χ4v) is 1.69. The van der Waals surface area contributed by atoms with E-state index >= 15 is 0 Å². The molecule has 0 amide bonds. The van der Waals surface area contributed by atoms with Crippen LogP contribution in [0.5, 0.6) is 0 Å². The summed E-state index contributed by atoms with van der Waals surface area (Å²) in [5, 5.41) is 1.79. The molecule has 0 rings (SSSR count). The highest BCUT2D eigenvalue weighted by Crippen LogP contribution is 2.25. The summed E-state index contributed by atoms with van der Waals surface area (Å²) in [5.41, 5.74) is 0.104. The molecule has 86 valence electrons. The van der Waals surface area contributed by atoms with Crippen molar-refractivity contribution in [1.29, 1.82) is 0 Å². The molecule has 1 atom stereocenters. The van der Waals surface area contributed by atoms with E-state index in [1.807, 2.05) is 26.8 Å². The molecular weight excluding hydrogens is 204 g/mol. The number of terminal acetylenes is 1. The maximum absolute atomic E-state index is 11.7. The Labute approximate surface area is 96.8 Å². The van der Waals surface area contributed by atoms with Crippen LogP contribution in [0.3, 0.4) is 0 Å². The van der Waals surface area contributed by atoms with Crippen LogP contribution < -0.4 is 0 Å². The summed E-state index contributed by atoms with van der Waals surface area (Å²) in [4.78, 5) is 0. The Morgan fingerprint density at radius 3 is 2.20 bits per heavy atom. The molecular formula is C13H22OS. The molecule has 1 unspecified atom stereocenters. The first-order valence-corrected chi connectivity index (χ1v) is 6.41. The van der Waals surface area contributed by atoms with Crippen LogP contribution in [0.15, 0.2) is 11.5 Å². The molecule has 0 aromatic carbocycles. The van der Waals surface area contributed by atoms with Gasteiger partial charge in [-0.15, -0.1) is 12.3 Å². The summed E-state index contributed by atoms with van der Waals surface area (Å²) in [7, 11) is -0.908. The van der Waals surface area contributed by atoms with E-state index in [2.05, 4.69) is 19.8 Å². The molecule has 2 heteroatoms. The molecule has 0 aromatic heterocycles. The van der Waals surface area contributed by atoms with E-state index in [0.29, 0.717) is 0 Å². The van der Waals surface area contributed by atoms with Crippen molar-refractivity contribution in [1.82, 2.24) is 0 Å².